The quantitative estimate of drug-likeness (QED) is 0.919. The Balaban J connectivity index is 1.93. The second-order valence-corrected chi connectivity index (χ2v) is 6.72. The van der Waals surface area contributed by atoms with Crippen LogP contribution in [0.1, 0.15) is 39.3 Å². The molecule has 0 unspecified atom stereocenters. The lowest BCUT2D eigenvalue weighted by atomic mass is 10.2. The van der Waals surface area contributed by atoms with Gasteiger partial charge in [0.25, 0.3) is 0 Å². The molecular formula is C14H22ClN5O2. The maximum atomic E-state index is 12.2. The first kappa shape index (κ1) is 16.7. The van der Waals surface area contributed by atoms with Crippen molar-refractivity contribution in [3.8, 4) is 0 Å². The molecule has 1 atom stereocenters. The second-order valence-electron chi connectivity index (χ2n) is 6.36. The van der Waals surface area contributed by atoms with Crippen LogP contribution in [0.5, 0.6) is 0 Å². The molecule has 2 heterocycles. The lowest BCUT2D eigenvalue weighted by molar-refractivity contribution is 0.0235. The summed E-state index contributed by atoms with van der Waals surface area (Å²) in [6, 6.07) is 0.0643. The van der Waals surface area contributed by atoms with Crippen molar-refractivity contribution in [2.24, 2.45) is 0 Å². The van der Waals surface area contributed by atoms with E-state index < -0.39 is 5.60 Å². The van der Waals surface area contributed by atoms with Crippen LogP contribution >= 0.6 is 11.6 Å². The molecule has 1 aromatic rings. The van der Waals surface area contributed by atoms with E-state index in [2.05, 4.69) is 20.5 Å². The van der Waals surface area contributed by atoms with Crippen LogP contribution in [0, 0.1) is 6.92 Å². The fraction of sp³-hybridized carbons (Fsp3) is 0.714. The Hall–Kier alpha value is -1.63. The van der Waals surface area contributed by atoms with Gasteiger partial charge >= 0.3 is 6.09 Å². The number of carbonyl (C=O) groups is 1. The lowest BCUT2D eigenvalue weighted by Gasteiger charge is -2.28. The Morgan fingerprint density at radius 3 is 2.82 bits per heavy atom. The number of rotatable bonds is 3. The topological polar surface area (TPSA) is 80.2 Å². The first-order valence-corrected chi connectivity index (χ1v) is 7.74. The molecule has 0 spiro atoms. The number of amides is 1. The highest BCUT2D eigenvalue weighted by atomic mass is 35.5. The first-order chi connectivity index (χ1) is 10.3. The summed E-state index contributed by atoms with van der Waals surface area (Å²) in [4.78, 5) is 18.2. The zero-order chi connectivity index (χ0) is 16.3. The molecular weight excluding hydrogens is 306 g/mol. The molecule has 1 fully saturated rings. The fourth-order valence-corrected chi connectivity index (χ4v) is 2.36. The summed E-state index contributed by atoms with van der Waals surface area (Å²) in [5.41, 5.74) is 0.132. The van der Waals surface area contributed by atoms with E-state index in [1.807, 2.05) is 20.8 Å². The highest BCUT2D eigenvalue weighted by Gasteiger charge is 2.32. The van der Waals surface area contributed by atoms with Gasteiger partial charge in [-0.3, -0.25) is 0 Å². The summed E-state index contributed by atoms with van der Waals surface area (Å²) in [6.45, 7) is 8.63. The molecule has 0 radical (unpaired) electrons. The molecule has 0 bridgehead atoms. The van der Waals surface area contributed by atoms with Gasteiger partial charge in [-0.05, 0) is 40.5 Å². The molecule has 1 N–H and O–H groups in total. The van der Waals surface area contributed by atoms with E-state index >= 15 is 0 Å². The summed E-state index contributed by atoms with van der Waals surface area (Å²) in [7, 11) is 0. The van der Waals surface area contributed by atoms with Crippen LogP contribution in [0.3, 0.4) is 0 Å². The van der Waals surface area contributed by atoms with Gasteiger partial charge in [0.15, 0.2) is 5.15 Å². The van der Waals surface area contributed by atoms with Gasteiger partial charge < -0.3 is 15.0 Å². The van der Waals surface area contributed by atoms with Gasteiger partial charge in [0.1, 0.15) is 5.60 Å². The molecule has 122 valence electrons. The maximum Gasteiger partial charge on any atom is 0.410 e. The van der Waals surface area contributed by atoms with Crippen molar-refractivity contribution in [2.75, 3.05) is 18.4 Å². The number of nitrogens with zero attached hydrogens (tertiary/aromatic N) is 4. The van der Waals surface area contributed by atoms with Crippen molar-refractivity contribution in [3.63, 3.8) is 0 Å². The average Bonchev–Trinajstić information content (AvgIpc) is 2.87. The third-order valence-corrected chi connectivity index (χ3v) is 3.65. The zero-order valence-electron chi connectivity index (χ0n) is 13.4. The van der Waals surface area contributed by atoms with E-state index in [0.29, 0.717) is 29.9 Å². The van der Waals surface area contributed by atoms with Crippen molar-refractivity contribution < 1.29 is 9.53 Å². The largest absolute Gasteiger partial charge is 0.444 e. The Morgan fingerprint density at radius 1 is 1.45 bits per heavy atom. The molecule has 1 aromatic heterocycles. The summed E-state index contributed by atoms with van der Waals surface area (Å²) in [5.74, 6) is 0.415. The molecule has 7 nitrogen and oxygen atoms in total. The molecule has 22 heavy (non-hydrogen) atoms. The van der Waals surface area contributed by atoms with Gasteiger partial charge in [0.05, 0.1) is 11.7 Å². The minimum atomic E-state index is -0.488. The highest BCUT2D eigenvalue weighted by Crippen LogP contribution is 2.21. The number of halogens is 1. The number of aryl methyl sites for hydroxylation is 1. The van der Waals surface area contributed by atoms with E-state index in [0.717, 1.165) is 12.8 Å². The van der Waals surface area contributed by atoms with Gasteiger partial charge in [-0.1, -0.05) is 11.6 Å². The molecule has 0 saturated carbocycles. The van der Waals surface area contributed by atoms with Gasteiger partial charge in [-0.25, -0.2) is 9.78 Å². The van der Waals surface area contributed by atoms with Crippen molar-refractivity contribution >= 4 is 23.6 Å². The predicted octanol–water partition coefficient (Wildman–Crippen LogP) is 2.64. The van der Waals surface area contributed by atoms with Gasteiger partial charge in [0, 0.05) is 13.1 Å². The van der Waals surface area contributed by atoms with E-state index in [1.165, 1.54) is 0 Å². The Kier molecular flexibility index (Phi) is 5.05. The Morgan fingerprint density at radius 2 is 2.18 bits per heavy atom. The highest BCUT2D eigenvalue weighted by molar-refractivity contribution is 6.29. The fourth-order valence-electron chi connectivity index (χ4n) is 2.28. The molecule has 0 aromatic carbocycles. The van der Waals surface area contributed by atoms with Crippen LogP contribution in [0.25, 0.3) is 0 Å². The third-order valence-electron chi connectivity index (χ3n) is 3.31. The Bertz CT molecular complexity index is 547. The second kappa shape index (κ2) is 6.64. The van der Waals surface area contributed by atoms with Crippen LogP contribution in [0.15, 0.2) is 0 Å². The maximum absolute atomic E-state index is 12.2. The summed E-state index contributed by atoms with van der Waals surface area (Å²) in [6.07, 6.45) is 1.61. The average molecular weight is 328 g/mol. The number of ether oxygens (including phenoxy) is 1. The lowest BCUT2D eigenvalue weighted by Crippen LogP contribution is -2.42. The van der Waals surface area contributed by atoms with Gasteiger partial charge in [-0.15, -0.1) is 10.2 Å². The summed E-state index contributed by atoms with van der Waals surface area (Å²) < 4.78 is 5.44. The Labute approximate surface area is 135 Å². The van der Waals surface area contributed by atoms with Crippen LogP contribution < -0.4 is 5.32 Å². The number of aromatic nitrogens is 3. The molecule has 1 amide bonds. The normalized spacial score (nSPS) is 18.4. The minimum Gasteiger partial charge on any atom is -0.444 e. The molecule has 1 aliphatic rings. The summed E-state index contributed by atoms with van der Waals surface area (Å²) in [5, 5.41) is 11.1. The van der Waals surface area contributed by atoms with Crippen LogP contribution in [-0.2, 0) is 4.74 Å². The third kappa shape index (κ3) is 4.43. The molecule has 8 heteroatoms. The van der Waals surface area contributed by atoms with E-state index in [-0.39, 0.29) is 12.1 Å². The molecule has 2 rings (SSSR count). The predicted molar refractivity (Wildman–Crippen MR) is 84.0 cm³/mol. The van der Waals surface area contributed by atoms with Crippen molar-refractivity contribution in [2.45, 2.75) is 52.2 Å². The number of anilines is 1. The molecule has 1 saturated heterocycles. The van der Waals surface area contributed by atoms with Crippen LogP contribution in [0.2, 0.25) is 5.15 Å². The van der Waals surface area contributed by atoms with Crippen molar-refractivity contribution in [3.05, 3.63) is 10.8 Å². The monoisotopic (exact) mass is 327 g/mol. The van der Waals surface area contributed by atoms with Gasteiger partial charge in [-0.2, -0.15) is 0 Å². The minimum absolute atomic E-state index is 0.0643. The summed E-state index contributed by atoms with van der Waals surface area (Å²) >= 11 is 5.80. The van der Waals surface area contributed by atoms with Crippen molar-refractivity contribution in [1.82, 2.24) is 20.1 Å². The number of nitrogens with one attached hydrogen (secondary N) is 1. The number of hydrogen-bond acceptors (Lipinski definition) is 6. The van der Waals surface area contributed by atoms with Gasteiger partial charge in [0.2, 0.25) is 5.95 Å². The molecule has 1 aliphatic heterocycles. The first-order valence-electron chi connectivity index (χ1n) is 7.36. The van der Waals surface area contributed by atoms with E-state index in [4.69, 9.17) is 16.3 Å². The van der Waals surface area contributed by atoms with Crippen LogP contribution in [0.4, 0.5) is 10.7 Å². The standard InChI is InChI=1S/C14H22ClN5O2/c1-9-11(15)18-19-12(17-9)16-8-10-6-5-7-20(10)13(21)22-14(2,3)4/h10H,5-8H2,1-4H3,(H,16,17,19)/t10-/m0/s1. The van der Waals surface area contributed by atoms with Crippen LogP contribution in [-0.4, -0.2) is 50.9 Å². The van der Waals surface area contributed by atoms with Crippen molar-refractivity contribution in [1.29, 1.82) is 0 Å². The number of carbonyl (C=O) groups excluding carboxylic acids is 1. The van der Waals surface area contributed by atoms with E-state index in [1.54, 1.807) is 11.8 Å². The number of likely N-dealkylation sites (tertiary alicyclic amines) is 1. The molecule has 0 aliphatic carbocycles. The smallest absolute Gasteiger partial charge is 0.410 e. The SMILES string of the molecule is Cc1nc(NC[C@@H]2CCCN2C(=O)OC(C)(C)C)nnc1Cl. The number of hydrogen-bond donors (Lipinski definition) is 1. The zero-order valence-corrected chi connectivity index (χ0v) is 14.1. The van der Waals surface area contributed by atoms with E-state index in [9.17, 15) is 4.79 Å².